The molecule has 0 aliphatic carbocycles. The van der Waals surface area contributed by atoms with Crippen molar-refractivity contribution in [2.45, 2.75) is 12.5 Å². The Bertz CT molecular complexity index is 927. The number of esters is 1. The van der Waals surface area contributed by atoms with Gasteiger partial charge in [0, 0.05) is 17.5 Å². The molecule has 0 aromatic heterocycles. The number of hydrogen-bond donors (Lipinski definition) is 2. The Morgan fingerprint density at radius 2 is 1.46 bits per heavy atom. The molecule has 0 unspecified atom stereocenters. The molecule has 0 amide bonds. The predicted octanol–water partition coefficient (Wildman–Crippen LogP) is 3.72. The van der Waals surface area contributed by atoms with Crippen LogP contribution in [-0.4, -0.2) is 35.0 Å². The van der Waals surface area contributed by atoms with Crippen LogP contribution in [0.4, 0.5) is 0 Å². The summed E-state index contributed by atoms with van der Waals surface area (Å²) in [6.45, 7) is 0. The van der Waals surface area contributed by atoms with Gasteiger partial charge in [-0.2, -0.15) is 0 Å². The van der Waals surface area contributed by atoms with Gasteiger partial charge in [-0.05, 0) is 17.7 Å². The van der Waals surface area contributed by atoms with E-state index < -0.39 is 12.0 Å². The van der Waals surface area contributed by atoms with Crippen LogP contribution in [-0.2, 0) is 16.0 Å². The molecule has 28 heavy (non-hydrogen) atoms. The molecule has 142 valence electrons. The molecular formula is C23H21NO4. The van der Waals surface area contributed by atoms with Crippen LogP contribution < -0.4 is 0 Å². The van der Waals surface area contributed by atoms with Gasteiger partial charge in [-0.25, -0.2) is 4.79 Å². The maximum absolute atomic E-state index is 12.4. The van der Waals surface area contributed by atoms with Crippen molar-refractivity contribution in [2.24, 2.45) is 4.99 Å². The summed E-state index contributed by atoms with van der Waals surface area (Å²) in [5.41, 5.74) is 3.11. The van der Waals surface area contributed by atoms with Gasteiger partial charge >= 0.3 is 5.97 Å². The lowest BCUT2D eigenvalue weighted by atomic mass is 10.0. The first kappa shape index (κ1) is 19.2. The molecule has 5 heteroatoms. The summed E-state index contributed by atoms with van der Waals surface area (Å²) in [4.78, 5) is 17.2. The Kier molecular flexibility index (Phi) is 6.07. The van der Waals surface area contributed by atoms with Crippen molar-refractivity contribution < 1.29 is 19.7 Å². The first-order valence-electron chi connectivity index (χ1n) is 8.86. The van der Waals surface area contributed by atoms with Gasteiger partial charge in [0.15, 0.2) is 17.5 Å². The average Bonchev–Trinajstić information content (AvgIpc) is 2.74. The molecule has 0 spiro atoms. The van der Waals surface area contributed by atoms with Gasteiger partial charge < -0.3 is 14.9 Å². The quantitative estimate of drug-likeness (QED) is 0.391. The second kappa shape index (κ2) is 8.86. The highest BCUT2D eigenvalue weighted by Crippen LogP contribution is 2.26. The van der Waals surface area contributed by atoms with Crippen LogP contribution in [0.5, 0.6) is 11.5 Å². The number of rotatable bonds is 6. The fourth-order valence-electron chi connectivity index (χ4n) is 2.90. The lowest BCUT2D eigenvalue weighted by Gasteiger charge is -2.15. The number of carbonyl (C=O) groups is 1. The molecule has 0 aliphatic heterocycles. The van der Waals surface area contributed by atoms with Crippen LogP contribution in [0, 0.1) is 0 Å². The van der Waals surface area contributed by atoms with Crippen molar-refractivity contribution >= 4 is 11.7 Å². The molecule has 0 saturated carbocycles. The summed E-state index contributed by atoms with van der Waals surface area (Å²) in [7, 11) is 1.32. The van der Waals surface area contributed by atoms with Crippen LogP contribution in [0.25, 0.3) is 0 Å². The molecule has 0 aliphatic rings. The summed E-state index contributed by atoms with van der Waals surface area (Å²) in [5.74, 6) is -0.926. The number of phenols is 2. The highest BCUT2D eigenvalue weighted by Gasteiger charge is 2.21. The molecule has 2 N–H and O–H groups in total. The molecule has 3 rings (SSSR count). The summed E-state index contributed by atoms with van der Waals surface area (Å²) in [6, 6.07) is 22.9. The second-order valence-electron chi connectivity index (χ2n) is 6.28. The van der Waals surface area contributed by atoms with Gasteiger partial charge in [-0.1, -0.05) is 66.7 Å². The van der Waals surface area contributed by atoms with Gasteiger partial charge in [-0.15, -0.1) is 0 Å². The van der Waals surface area contributed by atoms with Crippen LogP contribution in [0.2, 0.25) is 0 Å². The smallest absolute Gasteiger partial charge is 0.330 e. The minimum absolute atomic E-state index is 0.212. The molecule has 0 radical (unpaired) electrons. The molecule has 0 bridgehead atoms. The zero-order valence-corrected chi connectivity index (χ0v) is 15.4. The van der Waals surface area contributed by atoms with E-state index in [1.165, 1.54) is 19.2 Å². The number of aromatic hydroxyl groups is 2. The van der Waals surface area contributed by atoms with E-state index in [9.17, 15) is 15.0 Å². The maximum Gasteiger partial charge on any atom is 0.330 e. The topological polar surface area (TPSA) is 79.1 Å². The summed E-state index contributed by atoms with van der Waals surface area (Å²) >= 11 is 0. The fraction of sp³-hybridized carbons (Fsp3) is 0.130. The van der Waals surface area contributed by atoms with Crippen LogP contribution in [0.1, 0.15) is 16.7 Å². The SMILES string of the molecule is COC(=O)[C@H](Cc1ccc(O)c(O)c1)N=C(c1ccccc1)c1ccccc1. The van der Waals surface area contributed by atoms with Gasteiger partial charge in [0.1, 0.15) is 0 Å². The summed E-state index contributed by atoms with van der Waals surface area (Å²) < 4.78 is 4.95. The van der Waals surface area contributed by atoms with Crippen molar-refractivity contribution in [3.8, 4) is 11.5 Å². The predicted molar refractivity (Wildman–Crippen MR) is 108 cm³/mol. The van der Waals surface area contributed by atoms with E-state index in [4.69, 9.17) is 9.73 Å². The largest absolute Gasteiger partial charge is 0.504 e. The Hall–Kier alpha value is -3.60. The second-order valence-corrected chi connectivity index (χ2v) is 6.28. The minimum atomic E-state index is -0.802. The van der Waals surface area contributed by atoms with Crippen molar-refractivity contribution in [3.05, 3.63) is 95.6 Å². The van der Waals surface area contributed by atoms with E-state index >= 15 is 0 Å². The highest BCUT2D eigenvalue weighted by atomic mass is 16.5. The van der Waals surface area contributed by atoms with E-state index in [1.807, 2.05) is 60.7 Å². The first-order chi connectivity index (χ1) is 13.6. The third-order valence-corrected chi connectivity index (χ3v) is 4.32. The van der Waals surface area contributed by atoms with Gasteiger partial charge in [0.05, 0.1) is 12.8 Å². The number of phenolic OH excluding ortho intramolecular Hbond substituents is 2. The molecule has 0 heterocycles. The highest BCUT2D eigenvalue weighted by molar-refractivity contribution is 6.13. The van der Waals surface area contributed by atoms with Crippen molar-refractivity contribution in [3.63, 3.8) is 0 Å². The van der Waals surface area contributed by atoms with Gasteiger partial charge in [-0.3, -0.25) is 4.99 Å². The number of ether oxygens (including phenoxy) is 1. The molecule has 1 atom stereocenters. The molecule has 3 aromatic rings. The van der Waals surface area contributed by atoms with E-state index in [1.54, 1.807) is 6.07 Å². The van der Waals surface area contributed by atoms with E-state index in [0.29, 0.717) is 11.3 Å². The Labute approximate surface area is 163 Å². The number of nitrogens with zero attached hydrogens (tertiary/aromatic N) is 1. The number of carbonyl (C=O) groups excluding carboxylic acids is 1. The normalized spacial score (nSPS) is 11.5. The van der Waals surface area contributed by atoms with E-state index in [0.717, 1.165) is 11.1 Å². The third-order valence-electron chi connectivity index (χ3n) is 4.32. The Morgan fingerprint density at radius 1 is 0.893 bits per heavy atom. The standard InChI is InChI=1S/C23H21NO4/c1-28-23(27)19(14-16-12-13-20(25)21(26)15-16)24-22(17-8-4-2-5-9-17)18-10-6-3-7-11-18/h2-13,15,19,25-26H,14H2,1H3/t19-/m0/s1. The molecular weight excluding hydrogens is 354 g/mol. The minimum Gasteiger partial charge on any atom is -0.504 e. The number of benzene rings is 3. The van der Waals surface area contributed by atoms with Gasteiger partial charge in [0.2, 0.25) is 0 Å². The van der Waals surface area contributed by atoms with Crippen LogP contribution in [0.15, 0.2) is 83.9 Å². The zero-order chi connectivity index (χ0) is 19.9. The van der Waals surface area contributed by atoms with E-state index in [-0.39, 0.29) is 17.9 Å². The molecule has 0 saturated heterocycles. The fourth-order valence-corrected chi connectivity index (χ4v) is 2.90. The number of aliphatic imine (C=N–C) groups is 1. The van der Waals surface area contributed by atoms with E-state index in [2.05, 4.69) is 0 Å². The average molecular weight is 375 g/mol. The molecule has 3 aromatic carbocycles. The van der Waals surface area contributed by atoms with Crippen molar-refractivity contribution in [2.75, 3.05) is 7.11 Å². The lowest BCUT2D eigenvalue weighted by Crippen LogP contribution is -2.25. The summed E-state index contributed by atoms with van der Waals surface area (Å²) in [5, 5.41) is 19.3. The molecule has 0 fully saturated rings. The Balaban J connectivity index is 2.04. The maximum atomic E-state index is 12.4. The monoisotopic (exact) mass is 375 g/mol. The summed E-state index contributed by atoms with van der Waals surface area (Å²) in [6.07, 6.45) is 0.226. The third kappa shape index (κ3) is 4.57. The van der Waals surface area contributed by atoms with Crippen LogP contribution >= 0.6 is 0 Å². The Morgan fingerprint density at radius 3 is 1.96 bits per heavy atom. The zero-order valence-electron chi connectivity index (χ0n) is 15.4. The lowest BCUT2D eigenvalue weighted by molar-refractivity contribution is -0.142. The van der Waals surface area contributed by atoms with Crippen LogP contribution in [0.3, 0.4) is 0 Å². The first-order valence-corrected chi connectivity index (χ1v) is 8.86. The van der Waals surface area contributed by atoms with Crippen molar-refractivity contribution in [1.82, 2.24) is 0 Å². The number of methoxy groups -OCH3 is 1. The molecule has 5 nitrogen and oxygen atoms in total. The van der Waals surface area contributed by atoms with Gasteiger partial charge in [0.25, 0.3) is 0 Å². The van der Waals surface area contributed by atoms with Crippen molar-refractivity contribution in [1.29, 1.82) is 0 Å². The number of hydrogen-bond acceptors (Lipinski definition) is 5.